The monoisotopic (exact) mass is 444 g/mol. The van der Waals surface area contributed by atoms with Gasteiger partial charge >= 0.3 is 5.97 Å². The molecule has 3 aromatic carbocycles. The second-order valence-electron chi connectivity index (χ2n) is 7.40. The minimum absolute atomic E-state index is 0.201. The number of hydrogen-bond acceptors (Lipinski definition) is 6. The maximum absolute atomic E-state index is 11.4. The smallest absolute Gasteiger partial charge is 0.335 e. The summed E-state index contributed by atoms with van der Waals surface area (Å²) in [7, 11) is 1.62. The van der Waals surface area contributed by atoms with Crippen molar-refractivity contribution in [2.24, 2.45) is 0 Å². The minimum atomic E-state index is -0.981. The van der Waals surface area contributed by atoms with Crippen molar-refractivity contribution in [2.75, 3.05) is 18.2 Å². The summed E-state index contributed by atoms with van der Waals surface area (Å²) < 4.78 is 8.45. The molecule has 2 aromatic heterocycles. The van der Waals surface area contributed by atoms with E-state index in [0.29, 0.717) is 18.0 Å². The molecule has 8 heteroatoms. The van der Waals surface area contributed by atoms with Crippen LogP contribution in [0.5, 0.6) is 5.75 Å². The molecule has 0 saturated carbocycles. The van der Waals surface area contributed by atoms with Crippen LogP contribution in [-0.2, 0) is 6.54 Å². The Labute approximate surface area is 187 Å². The lowest BCUT2D eigenvalue weighted by Gasteiger charge is -2.11. The van der Waals surface area contributed by atoms with Gasteiger partial charge in [-0.2, -0.15) is 0 Å². The van der Waals surface area contributed by atoms with E-state index in [1.807, 2.05) is 42.5 Å². The number of ether oxygens (including phenoxy) is 1. The number of nitrogens with two attached hydrogens (primary N) is 1. The summed E-state index contributed by atoms with van der Waals surface area (Å²) in [5.41, 5.74) is 10.4. The molecular weight excluding hydrogens is 424 g/mol. The Morgan fingerprint density at radius 3 is 2.72 bits per heavy atom. The Kier molecular flexibility index (Phi) is 4.91. The Bertz CT molecular complexity index is 1450. The molecule has 4 N–H and O–H groups in total. The van der Waals surface area contributed by atoms with E-state index in [1.54, 1.807) is 36.6 Å². The molecular formula is C24H20N4O3S. The molecule has 5 rings (SSSR count). The van der Waals surface area contributed by atoms with Crippen molar-refractivity contribution in [2.45, 2.75) is 6.54 Å². The van der Waals surface area contributed by atoms with Gasteiger partial charge in [-0.1, -0.05) is 0 Å². The summed E-state index contributed by atoms with van der Waals surface area (Å²) in [4.78, 5) is 16.2. The normalized spacial score (nSPS) is 11.2. The molecule has 32 heavy (non-hydrogen) atoms. The number of carboxylic acids is 1. The number of nitrogens with one attached hydrogen (secondary N) is 1. The van der Waals surface area contributed by atoms with Crippen molar-refractivity contribution in [3.63, 3.8) is 0 Å². The average molecular weight is 445 g/mol. The molecule has 2 heterocycles. The summed E-state index contributed by atoms with van der Waals surface area (Å²) in [6.07, 6.45) is 0. The quantitative estimate of drug-likeness (QED) is 0.306. The first-order valence-electron chi connectivity index (χ1n) is 9.92. The van der Waals surface area contributed by atoms with Gasteiger partial charge in [0.15, 0.2) is 0 Å². The largest absolute Gasteiger partial charge is 0.497 e. The maximum atomic E-state index is 11.4. The number of benzene rings is 3. The van der Waals surface area contributed by atoms with E-state index in [2.05, 4.69) is 15.3 Å². The van der Waals surface area contributed by atoms with Crippen molar-refractivity contribution >= 4 is 55.7 Å². The maximum Gasteiger partial charge on any atom is 0.335 e. The van der Waals surface area contributed by atoms with Crippen molar-refractivity contribution in [3.05, 3.63) is 77.2 Å². The number of methoxy groups -OCH3 is 1. The van der Waals surface area contributed by atoms with Crippen molar-refractivity contribution < 1.29 is 14.6 Å². The molecule has 7 nitrogen and oxygen atoms in total. The number of rotatable bonds is 6. The Morgan fingerprint density at radius 2 is 1.97 bits per heavy atom. The number of carbonyl (C=O) groups is 1. The first-order valence-corrected chi connectivity index (χ1v) is 10.8. The van der Waals surface area contributed by atoms with Gasteiger partial charge in [0.2, 0.25) is 5.95 Å². The molecule has 0 fully saturated rings. The van der Waals surface area contributed by atoms with Gasteiger partial charge in [0.05, 0.1) is 30.3 Å². The van der Waals surface area contributed by atoms with Crippen LogP contribution in [0.2, 0.25) is 0 Å². The summed E-state index contributed by atoms with van der Waals surface area (Å²) >= 11 is 1.67. The minimum Gasteiger partial charge on any atom is -0.497 e. The Morgan fingerprint density at radius 1 is 1.16 bits per heavy atom. The SMILES string of the molecule is COc1ccc(Nc2nc3cc(C(=O)O)ccc3n2Cc2csc3ccc(N)cc23)cc1. The molecule has 0 bridgehead atoms. The predicted octanol–water partition coefficient (Wildman–Crippen LogP) is 5.33. The van der Waals surface area contributed by atoms with E-state index in [9.17, 15) is 9.90 Å². The van der Waals surface area contributed by atoms with Gasteiger partial charge in [-0.05, 0) is 77.0 Å². The molecule has 0 aliphatic carbocycles. The second-order valence-corrected chi connectivity index (χ2v) is 8.31. The summed E-state index contributed by atoms with van der Waals surface area (Å²) in [5, 5.41) is 16.0. The molecule has 0 amide bonds. The fraction of sp³-hybridized carbons (Fsp3) is 0.0833. The fourth-order valence-electron chi connectivity index (χ4n) is 3.71. The number of fused-ring (bicyclic) bond motifs is 2. The lowest BCUT2D eigenvalue weighted by molar-refractivity contribution is 0.0697. The van der Waals surface area contributed by atoms with Gasteiger partial charge in [0.25, 0.3) is 0 Å². The number of thiophene rings is 1. The fourth-order valence-corrected chi connectivity index (χ4v) is 4.65. The van der Waals surface area contributed by atoms with Crippen LogP contribution in [-0.4, -0.2) is 27.7 Å². The lowest BCUT2D eigenvalue weighted by Crippen LogP contribution is -2.05. The van der Waals surface area contributed by atoms with Gasteiger partial charge in [-0.3, -0.25) is 0 Å². The van der Waals surface area contributed by atoms with E-state index in [-0.39, 0.29) is 5.56 Å². The van der Waals surface area contributed by atoms with E-state index in [0.717, 1.165) is 38.3 Å². The van der Waals surface area contributed by atoms with Crippen LogP contribution in [0.4, 0.5) is 17.3 Å². The molecule has 0 radical (unpaired) electrons. The van der Waals surface area contributed by atoms with Crippen LogP contribution in [0.25, 0.3) is 21.1 Å². The molecule has 5 aromatic rings. The molecule has 0 aliphatic heterocycles. The average Bonchev–Trinajstić information content (AvgIpc) is 3.35. The molecule has 160 valence electrons. The number of carboxylic acid groups (broad SMARTS) is 1. The highest BCUT2D eigenvalue weighted by Crippen LogP contribution is 2.31. The van der Waals surface area contributed by atoms with Crippen molar-refractivity contribution in [1.29, 1.82) is 0 Å². The zero-order valence-electron chi connectivity index (χ0n) is 17.2. The molecule has 0 saturated heterocycles. The number of nitrogens with zero attached hydrogens (tertiary/aromatic N) is 2. The molecule has 0 spiro atoms. The molecule has 0 atom stereocenters. The third-order valence-electron chi connectivity index (χ3n) is 5.35. The number of anilines is 3. The van der Waals surface area contributed by atoms with Crippen LogP contribution < -0.4 is 15.8 Å². The van der Waals surface area contributed by atoms with Gasteiger partial charge < -0.3 is 25.5 Å². The Balaban J connectivity index is 1.61. The van der Waals surface area contributed by atoms with Crippen LogP contribution in [0.15, 0.2) is 66.0 Å². The van der Waals surface area contributed by atoms with E-state index >= 15 is 0 Å². The summed E-state index contributed by atoms with van der Waals surface area (Å²) in [6, 6.07) is 18.5. The lowest BCUT2D eigenvalue weighted by atomic mass is 10.1. The highest BCUT2D eigenvalue weighted by Gasteiger charge is 2.16. The summed E-state index contributed by atoms with van der Waals surface area (Å²) in [6.45, 7) is 0.560. The van der Waals surface area contributed by atoms with Gasteiger partial charge in [-0.15, -0.1) is 11.3 Å². The standard InChI is InChI=1S/C24H20N4O3S/c1-31-18-6-4-17(5-7-18)26-24-27-20-10-14(23(29)30)2-8-21(20)28(24)12-15-13-32-22-9-3-16(25)11-19(15)22/h2-11,13H,12,25H2,1H3,(H,26,27)(H,29,30). The van der Waals surface area contributed by atoms with Gasteiger partial charge in [0, 0.05) is 16.1 Å². The first-order chi connectivity index (χ1) is 15.5. The van der Waals surface area contributed by atoms with Crippen LogP contribution >= 0.6 is 11.3 Å². The number of aromatic carboxylic acids is 1. The first kappa shape index (κ1) is 19.9. The van der Waals surface area contributed by atoms with Gasteiger partial charge in [0.1, 0.15) is 5.75 Å². The van der Waals surface area contributed by atoms with Crippen LogP contribution in [0, 0.1) is 0 Å². The van der Waals surface area contributed by atoms with Crippen LogP contribution in [0.1, 0.15) is 15.9 Å². The second kappa shape index (κ2) is 7.90. The van der Waals surface area contributed by atoms with Crippen molar-refractivity contribution in [1.82, 2.24) is 9.55 Å². The number of aromatic nitrogens is 2. The zero-order chi connectivity index (χ0) is 22.2. The highest BCUT2D eigenvalue weighted by molar-refractivity contribution is 7.17. The predicted molar refractivity (Wildman–Crippen MR) is 128 cm³/mol. The highest BCUT2D eigenvalue weighted by atomic mass is 32.1. The molecule has 0 unspecified atom stereocenters. The summed E-state index contributed by atoms with van der Waals surface area (Å²) in [5.74, 6) is 0.402. The Hall–Kier alpha value is -4.04. The van der Waals surface area contributed by atoms with E-state index in [4.69, 9.17) is 15.5 Å². The van der Waals surface area contributed by atoms with Crippen molar-refractivity contribution in [3.8, 4) is 5.75 Å². The number of nitrogen functional groups attached to an aromatic ring is 1. The van der Waals surface area contributed by atoms with Gasteiger partial charge in [-0.25, -0.2) is 9.78 Å². The zero-order valence-corrected chi connectivity index (χ0v) is 18.0. The van der Waals surface area contributed by atoms with E-state index < -0.39 is 5.97 Å². The van der Waals surface area contributed by atoms with E-state index in [1.165, 1.54) is 0 Å². The number of imidazole rings is 1. The topological polar surface area (TPSA) is 102 Å². The third-order valence-corrected chi connectivity index (χ3v) is 6.36. The third kappa shape index (κ3) is 3.61. The molecule has 0 aliphatic rings. The number of hydrogen-bond donors (Lipinski definition) is 3. The van der Waals surface area contributed by atoms with Crippen LogP contribution in [0.3, 0.4) is 0 Å².